The zero-order valence-corrected chi connectivity index (χ0v) is 12.7. The van der Waals surface area contributed by atoms with Gasteiger partial charge in [0.2, 0.25) is 0 Å². The van der Waals surface area contributed by atoms with Gasteiger partial charge >= 0.3 is 5.97 Å². The minimum Gasteiger partial charge on any atom is -0.481 e. The highest BCUT2D eigenvalue weighted by molar-refractivity contribution is 9.10. The number of carbonyl (C=O) groups is 1. The van der Waals surface area contributed by atoms with Gasteiger partial charge in [-0.25, -0.2) is 8.42 Å². The van der Waals surface area contributed by atoms with Crippen molar-refractivity contribution in [2.24, 2.45) is 5.92 Å². The van der Waals surface area contributed by atoms with E-state index in [4.69, 9.17) is 5.11 Å². The molecule has 1 aliphatic rings. The third-order valence-electron chi connectivity index (χ3n) is 3.20. The fourth-order valence-corrected chi connectivity index (χ4v) is 3.53. The Kier molecular flexibility index (Phi) is 3.98. The molecule has 1 fully saturated rings. The third-order valence-corrected chi connectivity index (χ3v) is 4.75. The van der Waals surface area contributed by atoms with Crippen molar-refractivity contribution in [3.63, 3.8) is 0 Å². The monoisotopic (exact) mass is 347 g/mol. The van der Waals surface area contributed by atoms with Crippen LogP contribution in [0.4, 0.5) is 0 Å². The molecule has 0 bridgehead atoms. The smallest absolute Gasteiger partial charge is 0.307 e. The molecule has 2 N–H and O–H groups in total. The average molecular weight is 348 g/mol. The molecule has 0 aliphatic carbocycles. The number of carboxylic acid groups (broad SMARTS) is 1. The molecule has 1 heterocycles. The van der Waals surface area contributed by atoms with E-state index in [-0.39, 0.29) is 10.9 Å². The van der Waals surface area contributed by atoms with Crippen molar-refractivity contribution in [3.8, 4) is 0 Å². The summed E-state index contributed by atoms with van der Waals surface area (Å²) in [6.45, 7) is 0.403. The van der Waals surface area contributed by atoms with Gasteiger partial charge in [0, 0.05) is 23.3 Å². The number of hydrogen-bond donors (Lipinski definition) is 2. The first kappa shape index (κ1) is 14.5. The molecule has 2 atom stereocenters. The molecule has 104 valence electrons. The molecule has 0 amide bonds. The van der Waals surface area contributed by atoms with Gasteiger partial charge in [-0.3, -0.25) is 4.79 Å². The predicted octanol–water partition coefficient (Wildman–Crippen LogP) is 1.59. The number of aliphatic carboxylic acids is 1. The molecule has 7 heteroatoms. The molecule has 5 nitrogen and oxygen atoms in total. The van der Waals surface area contributed by atoms with Crippen LogP contribution in [0.2, 0.25) is 0 Å². The lowest BCUT2D eigenvalue weighted by atomic mass is 10.0. The van der Waals surface area contributed by atoms with Crippen LogP contribution in [0.15, 0.2) is 27.6 Å². The van der Waals surface area contributed by atoms with Crippen molar-refractivity contribution in [2.75, 3.05) is 12.8 Å². The van der Waals surface area contributed by atoms with Crippen LogP contribution >= 0.6 is 15.9 Å². The van der Waals surface area contributed by atoms with Crippen LogP contribution in [0.1, 0.15) is 18.0 Å². The molecule has 1 aromatic rings. The Morgan fingerprint density at radius 1 is 1.42 bits per heavy atom. The number of carboxylic acids is 1. The van der Waals surface area contributed by atoms with Crippen LogP contribution in [-0.4, -0.2) is 32.3 Å². The second-order valence-electron chi connectivity index (χ2n) is 4.72. The Labute approximate surface area is 120 Å². The summed E-state index contributed by atoms with van der Waals surface area (Å²) in [5, 5.41) is 12.1. The first-order valence-electron chi connectivity index (χ1n) is 5.74. The summed E-state index contributed by atoms with van der Waals surface area (Å²) in [5.41, 5.74) is 0.790. The van der Waals surface area contributed by atoms with E-state index in [1.165, 1.54) is 0 Å². The Bertz CT molecular complexity index is 614. The minimum atomic E-state index is -3.28. The van der Waals surface area contributed by atoms with Crippen molar-refractivity contribution < 1.29 is 18.3 Å². The lowest BCUT2D eigenvalue weighted by molar-refractivity contribution is -0.141. The third kappa shape index (κ3) is 3.34. The van der Waals surface area contributed by atoms with Crippen molar-refractivity contribution in [3.05, 3.63) is 28.2 Å². The highest BCUT2D eigenvalue weighted by atomic mass is 79.9. The number of nitrogens with one attached hydrogen (secondary N) is 1. The van der Waals surface area contributed by atoms with Gasteiger partial charge in [-0.15, -0.1) is 0 Å². The number of benzene rings is 1. The summed E-state index contributed by atoms with van der Waals surface area (Å²) in [5.74, 6) is -1.25. The van der Waals surface area contributed by atoms with Crippen LogP contribution < -0.4 is 5.32 Å². The highest BCUT2D eigenvalue weighted by Crippen LogP contribution is 2.31. The predicted molar refractivity (Wildman–Crippen MR) is 73.7 cm³/mol. The summed E-state index contributed by atoms with van der Waals surface area (Å²) in [6, 6.07) is 4.83. The van der Waals surface area contributed by atoms with Crippen LogP contribution in [0.5, 0.6) is 0 Å². The van der Waals surface area contributed by atoms with Crippen LogP contribution in [-0.2, 0) is 14.6 Å². The van der Waals surface area contributed by atoms with Crippen molar-refractivity contribution in [2.45, 2.75) is 17.4 Å². The molecule has 2 unspecified atom stereocenters. The molecule has 1 aliphatic heterocycles. The Morgan fingerprint density at radius 3 is 2.63 bits per heavy atom. The molecule has 1 aromatic carbocycles. The Balaban J connectivity index is 2.32. The second-order valence-corrected chi connectivity index (χ2v) is 7.66. The Hall–Kier alpha value is -0.920. The zero-order valence-electron chi connectivity index (χ0n) is 10.3. The van der Waals surface area contributed by atoms with Gasteiger partial charge in [0.05, 0.1) is 10.8 Å². The fourth-order valence-electron chi connectivity index (χ4n) is 2.18. The maximum atomic E-state index is 11.6. The van der Waals surface area contributed by atoms with Gasteiger partial charge in [-0.1, -0.05) is 15.9 Å². The molecule has 1 saturated heterocycles. The molecular formula is C12H14BrNO4S. The molecular weight excluding hydrogens is 334 g/mol. The van der Waals surface area contributed by atoms with E-state index in [0.717, 1.165) is 11.8 Å². The maximum Gasteiger partial charge on any atom is 0.307 e. The van der Waals surface area contributed by atoms with Crippen molar-refractivity contribution >= 4 is 31.7 Å². The lowest BCUT2D eigenvalue weighted by Crippen LogP contribution is -2.17. The van der Waals surface area contributed by atoms with Gasteiger partial charge in [0.15, 0.2) is 9.84 Å². The topological polar surface area (TPSA) is 83.5 Å². The van der Waals surface area contributed by atoms with Crippen molar-refractivity contribution in [1.82, 2.24) is 5.32 Å². The maximum absolute atomic E-state index is 11.6. The molecule has 2 rings (SSSR count). The number of rotatable bonds is 3. The highest BCUT2D eigenvalue weighted by Gasteiger charge is 2.30. The summed E-state index contributed by atoms with van der Waals surface area (Å²) in [4.78, 5) is 11.2. The van der Waals surface area contributed by atoms with E-state index in [2.05, 4.69) is 21.2 Å². The fraction of sp³-hybridized carbons (Fsp3) is 0.417. The normalized spacial score (nSPS) is 23.5. The molecule has 0 saturated carbocycles. The quantitative estimate of drug-likeness (QED) is 0.867. The van der Waals surface area contributed by atoms with E-state index in [1.54, 1.807) is 12.1 Å². The van der Waals surface area contributed by atoms with Crippen molar-refractivity contribution in [1.29, 1.82) is 0 Å². The SMILES string of the molecule is CS(=O)(=O)c1cc(Br)cc(C2CC(C(=O)O)CN2)c1. The van der Waals surface area contributed by atoms with Gasteiger partial charge in [0.25, 0.3) is 0 Å². The van der Waals surface area contributed by atoms with E-state index < -0.39 is 21.7 Å². The van der Waals surface area contributed by atoms with Gasteiger partial charge in [0.1, 0.15) is 0 Å². The van der Waals surface area contributed by atoms with E-state index in [9.17, 15) is 13.2 Å². The summed E-state index contributed by atoms with van der Waals surface area (Å²) < 4.78 is 23.9. The van der Waals surface area contributed by atoms with Gasteiger partial charge in [-0.05, 0) is 30.2 Å². The number of halogens is 1. The van der Waals surface area contributed by atoms with E-state index in [1.807, 2.05) is 6.07 Å². The van der Waals surface area contributed by atoms with Crippen LogP contribution in [0, 0.1) is 5.92 Å². The summed E-state index contributed by atoms with van der Waals surface area (Å²) in [7, 11) is -3.28. The average Bonchev–Trinajstić information content (AvgIpc) is 2.76. The largest absolute Gasteiger partial charge is 0.481 e. The first-order valence-corrected chi connectivity index (χ1v) is 8.42. The standard InChI is InChI=1S/C12H14BrNO4S/c1-19(17,18)10-3-7(2-9(13)5-10)11-4-8(6-14-11)12(15)16/h2-3,5,8,11,14H,4,6H2,1H3,(H,15,16). The zero-order chi connectivity index (χ0) is 14.2. The Morgan fingerprint density at radius 2 is 2.11 bits per heavy atom. The van der Waals surface area contributed by atoms with Crippen LogP contribution in [0.3, 0.4) is 0 Å². The minimum absolute atomic E-state index is 0.126. The van der Waals surface area contributed by atoms with E-state index in [0.29, 0.717) is 17.4 Å². The van der Waals surface area contributed by atoms with E-state index >= 15 is 0 Å². The number of sulfone groups is 1. The summed E-state index contributed by atoms with van der Waals surface area (Å²) >= 11 is 3.29. The first-order chi connectivity index (χ1) is 8.77. The molecule has 0 spiro atoms. The number of hydrogen-bond acceptors (Lipinski definition) is 4. The molecule has 19 heavy (non-hydrogen) atoms. The second kappa shape index (κ2) is 5.22. The lowest BCUT2D eigenvalue weighted by Gasteiger charge is -2.12. The summed E-state index contributed by atoms with van der Waals surface area (Å²) in [6.07, 6.45) is 1.62. The van der Waals surface area contributed by atoms with Gasteiger partial charge in [-0.2, -0.15) is 0 Å². The van der Waals surface area contributed by atoms with Crippen LogP contribution in [0.25, 0.3) is 0 Å². The van der Waals surface area contributed by atoms with Gasteiger partial charge < -0.3 is 10.4 Å². The molecule has 0 aromatic heterocycles. The molecule has 0 radical (unpaired) electrons.